The first kappa shape index (κ1) is 24.9. The van der Waals surface area contributed by atoms with Crippen LogP contribution in [0.3, 0.4) is 0 Å². The Morgan fingerprint density at radius 3 is 1.16 bits per heavy atom. The Balaban J connectivity index is 1.64. The van der Waals surface area contributed by atoms with Gasteiger partial charge in [-0.15, -0.1) is 0 Å². The summed E-state index contributed by atoms with van der Waals surface area (Å²) in [4.78, 5) is 27.1. The molecule has 2 aliphatic rings. The fourth-order valence-corrected chi connectivity index (χ4v) is 9.42. The normalized spacial score (nSPS) is 13.7. The summed E-state index contributed by atoms with van der Waals surface area (Å²) in [6.45, 7) is 0. The van der Waals surface area contributed by atoms with E-state index in [1.807, 2.05) is 36.4 Å². The first-order chi connectivity index (χ1) is 18.5. The number of thioether (sulfide) groups is 4. The first-order valence-corrected chi connectivity index (χ1v) is 14.6. The molecule has 0 unspecified atom stereocenters. The van der Waals surface area contributed by atoms with Crippen LogP contribution in [0.4, 0.5) is 11.4 Å². The Morgan fingerprint density at radius 2 is 0.842 bits per heavy atom. The number of fused-ring (bicyclic) bond motifs is 2. The summed E-state index contributed by atoms with van der Waals surface area (Å²) in [7, 11) is 0. The zero-order valence-electron chi connectivity index (χ0n) is 19.4. The molecule has 0 spiro atoms. The van der Waals surface area contributed by atoms with Crippen LogP contribution in [0.1, 0.15) is 11.1 Å². The quantitative estimate of drug-likeness (QED) is 0.173. The Labute approximate surface area is 234 Å². The van der Waals surface area contributed by atoms with Gasteiger partial charge in [0.25, 0.3) is 11.4 Å². The molecule has 0 atom stereocenters. The highest BCUT2D eigenvalue weighted by atomic mass is 32.2. The number of allylic oxidation sites excluding steroid dienone is 2. The molecule has 186 valence electrons. The number of benzene rings is 4. The van der Waals surface area contributed by atoms with E-state index in [4.69, 9.17) is 0 Å². The maximum absolute atomic E-state index is 11.7. The molecule has 0 aromatic heterocycles. The molecule has 0 bridgehead atoms. The number of nitro groups is 2. The van der Waals surface area contributed by atoms with Crippen molar-refractivity contribution in [3.63, 3.8) is 0 Å². The molecule has 0 amide bonds. The van der Waals surface area contributed by atoms with Crippen LogP contribution in [0.2, 0.25) is 0 Å². The summed E-state index contributed by atoms with van der Waals surface area (Å²) < 4.78 is 1.94. The minimum atomic E-state index is -0.398. The summed E-state index contributed by atoms with van der Waals surface area (Å²) in [5.74, 6) is 0. The minimum absolute atomic E-state index is 0.00971. The van der Waals surface area contributed by atoms with Gasteiger partial charge in [0, 0.05) is 55.0 Å². The van der Waals surface area contributed by atoms with Crippen LogP contribution in [-0.2, 0) is 0 Å². The molecule has 0 aliphatic carbocycles. The summed E-state index contributed by atoms with van der Waals surface area (Å²) in [6, 6.07) is 29.4. The van der Waals surface area contributed by atoms with Crippen LogP contribution >= 0.6 is 47.0 Å². The lowest BCUT2D eigenvalue weighted by atomic mass is 9.94. The first-order valence-electron chi connectivity index (χ1n) is 11.4. The molecule has 0 N–H and O–H groups in total. The van der Waals surface area contributed by atoms with Crippen molar-refractivity contribution in [3.05, 3.63) is 137 Å². The van der Waals surface area contributed by atoms with Gasteiger partial charge >= 0.3 is 0 Å². The van der Waals surface area contributed by atoms with Crippen molar-refractivity contribution >= 4 is 69.6 Å². The van der Waals surface area contributed by atoms with E-state index >= 15 is 0 Å². The highest BCUT2D eigenvalue weighted by Gasteiger charge is 2.30. The van der Waals surface area contributed by atoms with Gasteiger partial charge in [-0.05, 0) is 35.4 Å². The highest BCUT2D eigenvalue weighted by molar-refractivity contribution is 8.25. The molecule has 0 saturated carbocycles. The van der Waals surface area contributed by atoms with Gasteiger partial charge in [-0.3, -0.25) is 20.2 Å². The molecule has 2 heterocycles. The predicted molar refractivity (Wildman–Crippen MR) is 156 cm³/mol. The number of nitrogens with zero attached hydrogens (tertiary/aromatic N) is 2. The monoisotopic (exact) mass is 572 g/mol. The van der Waals surface area contributed by atoms with E-state index in [0.29, 0.717) is 11.1 Å². The number of hydrogen-bond donors (Lipinski definition) is 0. The molecule has 10 heteroatoms. The number of nitro benzene ring substituents is 2. The smallest absolute Gasteiger partial charge is 0.258 e. The Kier molecular flexibility index (Phi) is 6.79. The Hall–Kier alpha value is -3.44. The van der Waals surface area contributed by atoms with Gasteiger partial charge in [-0.2, -0.15) is 0 Å². The third kappa shape index (κ3) is 4.76. The third-order valence-electron chi connectivity index (χ3n) is 5.86. The topological polar surface area (TPSA) is 86.3 Å². The second-order valence-corrected chi connectivity index (χ2v) is 13.0. The van der Waals surface area contributed by atoms with Crippen molar-refractivity contribution < 1.29 is 9.85 Å². The Bertz CT molecular complexity index is 1520. The van der Waals surface area contributed by atoms with Crippen molar-refractivity contribution in [2.24, 2.45) is 0 Å². The second-order valence-electron chi connectivity index (χ2n) is 8.24. The number of non-ortho nitro benzene ring substituents is 2. The van der Waals surface area contributed by atoms with E-state index in [9.17, 15) is 20.2 Å². The van der Waals surface area contributed by atoms with E-state index in [1.54, 1.807) is 71.3 Å². The third-order valence-corrected chi connectivity index (χ3v) is 11.0. The summed E-state index contributed by atoms with van der Waals surface area (Å²) in [6.07, 6.45) is 0. The lowest BCUT2D eigenvalue weighted by Crippen LogP contribution is -1.97. The molecule has 4 aromatic rings. The van der Waals surface area contributed by atoms with Crippen LogP contribution in [0, 0.1) is 20.2 Å². The molecule has 0 saturated heterocycles. The lowest BCUT2D eigenvalue weighted by molar-refractivity contribution is -0.385. The van der Waals surface area contributed by atoms with Gasteiger partial charge in [-0.1, -0.05) is 95.6 Å². The second kappa shape index (κ2) is 10.4. The average Bonchev–Trinajstić information content (AvgIpc) is 3.55. The van der Waals surface area contributed by atoms with Gasteiger partial charge in [-0.25, -0.2) is 0 Å². The molecular weight excluding hydrogens is 557 g/mol. The van der Waals surface area contributed by atoms with Crippen molar-refractivity contribution in [3.8, 4) is 0 Å². The summed E-state index contributed by atoms with van der Waals surface area (Å²) in [5.41, 5.74) is 3.00. The van der Waals surface area contributed by atoms with E-state index in [2.05, 4.69) is 24.3 Å². The van der Waals surface area contributed by atoms with Crippen molar-refractivity contribution in [2.45, 2.75) is 19.6 Å². The Morgan fingerprint density at radius 1 is 0.500 bits per heavy atom. The molecule has 4 aromatic carbocycles. The van der Waals surface area contributed by atoms with Gasteiger partial charge in [0.15, 0.2) is 0 Å². The average molecular weight is 573 g/mol. The van der Waals surface area contributed by atoms with E-state index in [0.717, 1.165) is 39.2 Å². The maximum atomic E-state index is 11.7. The van der Waals surface area contributed by atoms with Crippen LogP contribution in [0.15, 0.2) is 125 Å². The van der Waals surface area contributed by atoms with E-state index in [-0.39, 0.29) is 11.4 Å². The zero-order chi connectivity index (χ0) is 26.2. The van der Waals surface area contributed by atoms with Crippen molar-refractivity contribution in [1.29, 1.82) is 0 Å². The number of rotatable bonds is 5. The standard InChI is InChI=1S/C28H16N2O4S4/c31-29(32)19-9-5-7-17(15-19)25(27-35-21-11-1-2-12-22(21)36-27)26(18-8-6-10-20(16-18)30(33)34)28-37-23-13-3-4-14-24(23)38-28/h1-16H. The molecule has 6 rings (SSSR count). The fraction of sp³-hybridized carbons (Fsp3) is 0. The maximum Gasteiger partial charge on any atom is 0.270 e. The van der Waals surface area contributed by atoms with Gasteiger partial charge in [0.1, 0.15) is 0 Å². The van der Waals surface area contributed by atoms with Gasteiger partial charge < -0.3 is 0 Å². The highest BCUT2D eigenvalue weighted by Crippen LogP contribution is 2.60. The van der Waals surface area contributed by atoms with E-state index < -0.39 is 9.85 Å². The van der Waals surface area contributed by atoms with E-state index in [1.165, 1.54) is 12.1 Å². The lowest BCUT2D eigenvalue weighted by Gasteiger charge is -2.18. The molecule has 0 radical (unpaired) electrons. The van der Waals surface area contributed by atoms with Gasteiger partial charge in [0.2, 0.25) is 0 Å². The molecule has 0 fully saturated rings. The fourth-order valence-electron chi connectivity index (χ4n) is 4.16. The van der Waals surface area contributed by atoms with Crippen LogP contribution in [-0.4, -0.2) is 9.85 Å². The van der Waals surface area contributed by atoms with Crippen LogP contribution in [0.25, 0.3) is 11.1 Å². The zero-order valence-corrected chi connectivity index (χ0v) is 22.7. The largest absolute Gasteiger partial charge is 0.270 e. The molecular formula is C28H16N2O4S4. The summed E-state index contributed by atoms with van der Waals surface area (Å²) >= 11 is 6.46. The predicted octanol–water partition coefficient (Wildman–Crippen LogP) is 9.34. The minimum Gasteiger partial charge on any atom is -0.258 e. The SMILES string of the molecule is O=[N+]([O-])c1cccc(C(=C2Sc3ccccc3S2)C(=C2Sc3ccccc3S2)c2cccc([N+](=O)[O-])c2)c1. The van der Waals surface area contributed by atoms with Crippen LogP contribution < -0.4 is 0 Å². The van der Waals surface area contributed by atoms with Crippen LogP contribution in [0.5, 0.6) is 0 Å². The molecule has 38 heavy (non-hydrogen) atoms. The van der Waals surface area contributed by atoms with Crippen molar-refractivity contribution in [2.75, 3.05) is 0 Å². The molecule has 2 aliphatic heterocycles. The van der Waals surface area contributed by atoms with Gasteiger partial charge in [0.05, 0.1) is 18.3 Å². The number of hydrogen-bond acceptors (Lipinski definition) is 8. The summed E-state index contributed by atoms with van der Waals surface area (Å²) in [5, 5.41) is 23.4. The van der Waals surface area contributed by atoms with Crippen molar-refractivity contribution in [1.82, 2.24) is 0 Å². The molecule has 6 nitrogen and oxygen atoms in total.